The van der Waals surface area contributed by atoms with E-state index in [1.165, 1.54) is 0 Å². The maximum Gasteiger partial charge on any atom is 0.242 e. The molecule has 0 aliphatic heterocycles. The first-order valence-corrected chi connectivity index (χ1v) is 7.87. The highest BCUT2D eigenvalue weighted by molar-refractivity contribution is 7.89. The van der Waals surface area contributed by atoms with Crippen LogP contribution in [0.5, 0.6) is 0 Å². The molecular formula is C13H18N4O2S. The zero-order valence-corrected chi connectivity index (χ0v) is 12.2. The van der Waals surface area contributed by atoms with Gasteiger partial charge in [-0.25, -0.2) is 18.1 Å². The number of nitrogens with zero attached hydrogens (tertiary/aromatic N) is 1. The van der Waals surface area contributed by atoms with Gasteiger partial charge >= 0.3 is 0 Å². The van der Waals surface area contributed by atoms with Gasteiger partial charge in [-0.2, -0.15) is 0 Å². The van der Waals surface area contributed by atoms with E-state index in [2.05, 4.69) is 20.0 Å². The first-order valence-electron chi connectivity index (χ1n) is 6.39. The van der Waals surface area contributed by atoms with E-state index in [0.717, 1.165) is 5.82 Å². The van der Waals surface area contributed by atoms with E-state index in [1.807, 2.05) is 6.92 Å². The minimum atomic E-state index is -3.50. The molecule has 0 saturated carbocycles. The monoisotopic (exact) mass is 294 g/mol. The van der Waals surface area contributed by atoms with E-state index in [9.17, 15) is 8.42 Å². The van der Waals surface area contributed by atoms with Crippen LogP contribution in [0.4, 0.5) is 5.69 Å². The third kappa shape index (κ3) is 3.17. The van der Waals surface area contributed by atoms with Crippen LogP contribution < -0.4 is 10.0 Å². The molecule has 0 spiro atoms. The normalized spacial score (nSPS) is 13.1. The largest absolute Gasteiger partial charge is 0.374 e. The Labute approximate surface area is 118 Å². The zero-order chi connectivity index (χ0) is 14.6. The number of benzene rings is 1. The first-order chi connectivity index (χ1) is 9.54. The fourth-order valence-electron chi connectivity index (χ4n) is 1.90. The number of sulfonamides is 1. The Balaban J connectivity index is 2.29. The van der Waals surface area contributed by atoms with E-state index in [4.69, 9.17) is 0 Å². The van der Waals surface area contributed by atoms with Crippen molar-refractivity contribution in [1.82, 2.24) is 14.7 Å². The van der Waals surface area contributed by atoms with Gasteiger partial charge in [-0.05, 0) is 19.1 Å². The predicted octanol–water partition coefficient (Wildman–Crippen LogP) is 1.88. The number of anilines is 1. The van der Waals surface area contributed by atoms with Crippen molar-refractivity contribution in [3.05, 3.63) is 42.5 Å². The summed E-state index contributed by atoms with van der Waals surface area (Å²) >= 11 is 0. The lowest BCUT2D eigenvalue weighted by molar-refractivity contribution is 0.584. The maximum absolute atomic E-state index is 12.1. The van der Waals surface area contributed by atoms with Gasteiger partial charge in [0.15, 0.2) is 0 Å². The van der Waals surface area contributed by atoms with E-state index in [-0.39, 0.29) is 10.9 Å². The van der Waals surface area contributed by atoms with E-state index in [1.54, 1.807) is 43.6 Å². The van der Waals surface area contributed by atoms with Gasteiger partial charge in [0.2, 0.25) is 10.0 Å². The van der Waals surface area contributed by atoms with Crippen LogP contribution in [0.25, 0.3) is 0 Å². The summed E-state index contributed by atoms with van der Waals surface area (Å²) in [5, 5.41) is 3.16. The molecule has 1 aromatic carbocycles. The Morgan fingerprint density at radius 2 is 2.10 bits per heavy atom. The van der Waals surface area contributed by atoms with Crippen LogP contribution in [0.1, 0.15) is 25.7 Å². The SMILES string of the molecule is CCNS(=O)(=O)c1ccccc1NC(C)c1ncc[nH]1. The average Bonchev–Trinajstić information content (AvgIpc) is 2.93. The number of hydrogen-bond donors (Lipinski definition) is 3. The number of aromatic nitrogens is 2. The van der Waals surface area contributed by atoms with E-state index < -0.39 is 10.0 Å². The molecule has 0 aliphatic rings. The summed E-state index contributed by atoms with van der Waals surface area (Å²) in [4.78, 5) is 7.40. The Morgan fingerprint density at radius 1 is 1.35 bits per heavy atom. The van der Waals surface area contributed by atoms with Crippen LogP contribution in [-0.4, -0.2) is 24.9 Å². The molecule has 7 heteroatoms. The maximum atomic E-state index is 12.1. The van der Waals surface area contributed by atoms with Gasteiger partial charge in [-0.15, -0.1) is 0 Å². The molecule has 0 fully saturated rings. The van der Waals surface area contributed by atoms with Crippen LogP contribution in [0.3, 0.4) is 0 Å². The van der Waals surface area contributed by atoms with Crippen molar-refractivity contribution in [2.45, 2.75) is 24.8 Å². The fourth-order valence-corrected chi connectivity index (χ4v) is 3.11. The Morgan fingerprint density at radius 3 is 2.75 bits per heavy atom. The van der Waals surface area contributed by atoms with Crippen LogP contribution in [0, 0.1) is 0 Å². The fraction of sp³-hybridized carbons (Fsp3) is 0.308. The summed E-state index contributed by atoms with van der Waals surface area (Å²) in [6.45, 7) is 4.01. The van der Waals surface area contributed by atoms with Gasteiger partial charge in [0.1, 0.15) is 10.7 Å². The molecule has 2 rings (SSSR count). The Bertz CT molecular complexity index is 653. The number of imidazole rings is 1. The Hall–Kier alpha value is -1.86. The topological polar surface area (TPSA) is 86.9 Å². The second-order valence-electron chi connectivity index (χ2n) is 4.34. The third-order valence-electron chi connectivity index (χ3n) is 2.81. The molecule has 3 N–H and O–H groups in total. The molecule has 0 aliphatic carbocycles. The number of hydrogen-bond acceptors (Lipinski definition) is 4. The molecule has 0 radical (unpaired) electrons. The molecule has 20 heavy (non-hydrogen) atoms. The lowest BCUT2D eigenvalue weighted by atomic mass is 10.2. The van der Waals surface area contributed by atoms with Gasteiger partial charge < -0.3 is 10.3 Å². The second kappa shape index (κ2) is 6.06. The van der Waals surface area contributed by atoms with Crippen molar-refractivity contribution < 1.29 is 8.42 Å². The summed E-state index contributed by atoms with van der Waals surface area (Å²) < 4.78 is 26.8. The molecule has 0 saturated heterocycles. The summed E-state index contributed by atoms with van der Waals surface area (Å²) in [6.07, 6.45) is 3.39. The summed E-state index contributed by atoms with van der Waals surface area (Å²) in [7, 11) is -3.50. The molecule has 6 nitrogen and oxygen atoms in total. The molecule has 1 unspecified atom stereocenters. The summed E-state index contributed by atoms with van der Waals surface area (Å²) in [5.41, 5.74) is 0.553. The van der Waals surface area contributed by atoms with Crippen LogP contribution in [0.2, 0.25) is 0 Å². The van der Waals surface area contributed by atoms with Crippen molar-refractivity contribution in [2.24, 2.45) is 0 Å². The molecule has 2 aromatic rings. The summed E-state index contributed by atoms with van der Waals surface area (Å²) in [5.74, 6) is 0.751. The summed E-state index contributed by atoms with van der Waals surface area (Å²) in [6, 6.07) is 6.69. The molecule has 1 heterocycles. The third-order valence-corrected chi connectivity index (χ3v) is 4.42. The van der Waals surface area contributed by atoms with Crippen molar-refractivity contribution in [2.75, 3.05) is 11.9 Å². The highest BCUT2D eigenvalue weighted by atomic mass is 32.2. The molecule has 0 amide bonds. The minimum absolute atomic E-state index is 0.122. The predicted molar refractivity (Wildman–Crippen MR) is 77.9 cm³/mol. The van der Waals surface area contributed by atoms with Crippen molar-refractivity contribution in [1.29, 1.82) is 0 Å². The molecular weight excluding hydrogens is 276 g/mol. The van der Waals surface area contributed by atoms with Crippen LogP contribution >= 0.6 is 0 Å². The van der Waals surface area contributed by atoms with E-state index >= 15 is 0 Å². The number of nitrogens with one attached hydrogen (secondary N) is 3. The van der Waals surface area contributed by atoms with Gasteiger partial charge in [0.25, 0.3) is 0 Å². The first kappa shape index (κ1) is 14.5. The lowest BCUT2D eigenvalue weighted by Gasteiger charge is -2.16. The van der Waals surface area contributed by atoms with Gasteiger partial charge in [0, 0.05) is 18.9 Å². The number of aromatic amines is 1. The number of para-hydroxylation sites is 1. The smallest absolute Gasteiger partial charge is 0.242 e. The van der Waals surface area contributed by atoms with Crippen molar-refractivity contribution in [3.63, 3.8) is 0 Å². The van der Waals surface area contributed by atoms with Crippen LogP contribution in [0.15, 0.2) is 41.6 Å². The van der Waals surface area contributed by atoms with Gasteiger partial charge in [-0.3, -0.25) is 0 Å². The van der Waals surface area contributed by atoms with Gasteiger partial charge in [-0.1, -0.05) is 19.1 Å². The average molecular weight is 294 g/mol. The number of rotatable bonds is 6. The van der Waals surface area contributed by atoms with Crippen LogP contribution in [-0.2, 0) is 10.0 Å². The molecule has 1 atom stereocenters. The zero-order valence-electron chi connectivity index (χ0n) is 11.4. The molecule has 0 bridgehead atoms. The minimum Gasteiger partial charge on any atom is -0.374 e. The van der Waals surface area contributed by atoms with E-state index in [0.29, 0.717) is 12.2 Å². The molecule has 108 valence electrons. The standard InChI is InChI=1S/C13H18N4O2S/c1-3-16-20(18,19)12-7-5-4-6-11(12)17-10(2)13-14-8-9-15-13/h4-10,16-17H,3H2,1-2H3,(H,14,15). The highest BCUT2D eigenvalue weighted by Gasteiger charge is 2.18. The molecule has 1 aromatic heterocycles. The number of H-pyrrole nitrogens is 1. The van der Waals surface area contributed by atoms with Crippen molar-refractivity contribution >= 4 is 15.7 Å². The van der Waals surface area contributed by atoms with Gasteiger partial charge in [0.05, 0.1) is 11.7 Å². The van der Waals surface area contributed by atoms with Crippen molar-refractivity contribution in [3.8, 4) is 0 Å². The quantitative estimate of drug-likeness (QED) is 0.759. The highest BCUT2D eigenvalue weighted by Crippen LogP contribution is 2.24. The lowest BCUT2D eigenvalue weighted by Crippen LogP contribution is -2.24. The Kier molecular flexibility index (Phi) is 4.41. The second-order valence-corrected chi connectivity index (χ2v) is 6.07.